The molecule has 3 amide bonds. The molecule has 0 radical (unpaired) electrons. The van der Waals surface area contributed by atoms with Crippen LogP contribution in [0.2, 0.25) is 0 Å². The van der Waals surface area contributed by atoms with E-state index in [0.29, 0.717) is 17.9 Å². The summed E-state index contributed by atoms with van der Waals surface area (Å²) in [5, 5.41) is 8.07. The standard InChI is InChI=1S/C32H29N5O4/c1-41-29-16-9-15-28-24(29)13-7-8-17-37(28)30(38)21-35-18-19-36(22-10-3-2-4-11-22)32(40)25(31(35)39)20-27-23-12-5-6-14-26(23)33-34-27/h2-6,9-12,14-16,18-20H,7-8,13,17,21H2,1H3,(H,33,34)/b25-20+. The number of ether oxygens (including phenoxy) is 1. The Hall–Kier alpha value is -5.18. The topological polar surface area (TPSA) is 98.8 Å². The molecule has 0 aliphatic carbocycles. The number of H-pyrrole nitrogens is 1. The second-order valence-electron chi connectivity index (χ2n) is 9.91. The fraction of sp³-hybridized carbons (Fsp3) is 0.188. The first kappa shape index (κ1) is 26.1. The number of carbonyl (C=O) groups excluding carboxylic acids is 3. The number of nitrogens with one attached hydrogen (secondary N) is 1. The van der Waals surface area contributed by atoms with Crippen LogP contribution in [0.25, 0.3) is 17.0 Å². The lowest BCUT2D eigenvalue weighted by atomic mass is 10.1. The molecule has 2 aliphatic rings. The lowest BCUT2D eigenvalue weighted by Crippen LogP contribution is -2.42. The molecule has 1 N–H and O–H groups in total. The van der Waals surface area contributed by atoms with E-state index in [4.69, 9.17) is 4.74 Å². The van der Waals surface area contributed by atoms with E-state index in [-0.39, 0.29) is 18.0 Å². The van der Waals surface area contributed by atoms with Gasteiger partial charge in [0.2, 0.25) is 5.91 Å². The molecular formula is C32H29N5O4. The first-order chi connectivity index (χ1) is 20.0. The summed E-state index contributed by atoms with van der Waals surface area (Å²) < 4.78 is 5.57. The number of benzene rings is 3. The maximum atomic E-state index is 14.0. The van der Waals surface area contributed by atoms with Gasteiger partial charge in [-0.15, -0.1) is 0 Å². The van der Waals surface area contributed by atoms with Gasteiger partial charge in [-0.05, 0) is 55.7 Å². The number of para-hydroxylation sites is 2. The van der Waals surface area contributed by atoms with Crippen LogP contribution in [0.4, 0.5) is 11.4 Å². The molecule has 0 unspecified atom stereocenters. The van der Waals surface area contributed by atoms with E-state index in [2.05, 4.69) is 10.2 Å². The molecular weight excluding hydrogens is 518 g/mol. The Kier molecular flexibility index (Phi) is 7.08. The van der Waals surface area contributed by atoms with Crippen LogP contribution in [0.1, 0.15) is 24.1 Å². The molecule has 0 atom stereocenters. The minimum absolute atomic E-state index is 0.0955. The predicted molar refractivity (Wildman–Crippen MR) is 157 cm³/mol. The van der Waals surface area contributed by atoms with E-state index >= 15 is 0 Å². The number of amides is 3. The molecule has 6 rings (SSSR count). The Labute approximate surface area is 237 Å². The minimum Gasteiger partial charge on any atom is -0.496 e. The van der Waals surface area contributed by atoms with Gasteiger partial charge in [0.15, 0.2) is 0 Å². The zero-order valence-corrected chi connectivity index (χ0v) is 22.6. The molecule has 206 valence electrons. The van der Waals surface area contributed by atoms with Crippen molar-refractivity contribution in [1.29, 1.82) is 0 Å². The molecule has 0 saturated heterocycles. The van der Waals surface area contributed by atoms with E-state index in [1.807, 2.05) is 60.7 Å². The van der Waals surface area contributed by atoms with Gasteiger partial charge in [-0.25, -0.2) is 0 Å². The zero-order valence-electron chi connectivity index (χ0n) is 22.6. The number of methoxy groups -OCH3 is 1. The van der Waals surface area contributed by atoms with Crippen LogP contribution in [0.15, 0.2) is 90.8 Å². The number of nitrogens with zero attached hydrogens (tertiary/aromatic N) is 4. The number of fused-ring (bicyclic) bond motifs is 2. The van der Waals surface area contributed by atoms with Crippen molar-refractivity contribution in [1.82, 2.24) is 15.1 Å². The molecule has 0 spiro atoms. The highest BCUT2D eigenvalue weighted by molar-refractivity contribution is 6.28. The first-order valence-corrected chi connectivity index (χ1v) is 13.5. The first-order valence-electron chi connectivity index (χ1n) is 13.5. The number of hydrogen-bond donors (Lipinski definition) is 1. The maximum absolute atomic E-state index is 14.0. The van der Waals surface area contributed by atoms with Crippen molar-refractivity contribution in [3.05, 3.63) is 102 Å². The highest BCUT2D eigenvalue weighted by atomic mass is 16.5. The quantitative estimate of drug-likeness (QED) is 0.289. The summed E-state index contributed by atoms with van der Waals surface area (Å²) >= 11 is 0. The summed E-state index contributed by atoms with van der Waals surface area (Å²) in [5.74, 6) is -0.590. The third-order valence-corrected chi connectivity index (χ3v) is 7.44. The summed E-state index contributed by atoms with van der Waals surface area (Å²) in [4.78, 5) is 46.0. The fourth-order valence-corrected chi connectivity index (χ4v) is 5.36. The molecule has 9 nitrogen and oxygen atoms in total. The fourth-order valence-electron chi connectivity index (χ4n) is 5.36. The molecule has 41 heavy (non-hydrogen) atoms. The molecule has 4 aromatic rings. The summed E-state index contributed by atoms with van der Waals surface area (Å²) in [6.07, 6.45) is 7.08. The Bertz CT molecular complexity index is 1690. The summed E-state index contributed by atoms with van der Waals surface area (Å²) in [5.41, 5.74) is 3.52. The maximum Gasteiger partial charge on any atom is 0.268 e. The van der Waals surface area contributed by atoms with Gasteiger partial charge in [0.25, 0.3) is 11.8 Å². The smallest absolute Gasteiger partial charge is 0.268 e. The molecule has 2 aliphatic heterocycles. The number of aromatic nitrogens is 2. The van der Waals surface area contributed by atoms with Gasteiger partial charge in [0.1, 0.15) is 17.9 Å². The van der Waals surface area contributed by atoms with Gasteiger partial charge in [0, 0.05) is 35.6 Å². The second-order valence-corrected chi connectivity index (χ2v) is 9.91. The van der Waals surface area contributed by atoms with Crippen LogP contribution in [-0.4, -0.2) is 53.0 Å². The molecule has 0 bridgehead atoms. The van der Waals surface area contributed by atoms with Crippen LogP contribution in [0.5, 0.6) is 5.75 Å². The lowest BCUT2D eigenvalue weighted by molar-refractivity contribution is -0.131. The summed E-state index contributed by atoms with van der Waals surface area (Å²) in [6.45, 7) is 0.294. The molecule has 0 fully saturated rings. The lowest BCUT2D eigenvalue weighted by Gasteiger charge is -2.26. The number of anilines is 2. The Morgan fingerprint density at radius 1 is 0.951 bits per heavy atom. The zero-order chi connectivity index (χ0) is 28.3. The van der Waals surface area contributed by atoms with Crippen molar-refractivity contribution in [2.24, 2.45) is 0 Å². The number of aromatic amines is 1. The van der Waals surface area contributed by atoms with Gasteiger partial charge >= 0.3 is 0 Å². The Morgan fingerprint density at radius 3 is 2.59 bits per heavy atom. The molecule has 9 heteroatoms. The second kappa shape index (κ2) is 11.1. The van der Waals surface area contributed by atoms with Crippen LogP contribution < -0.4 is 14.5 Å². The molecule has 1 aromatic heterocycles. The highest BCUT2D eigenvalue weighted by Crippen LogP contribution is 2.34. The van der Waals surface area contributed by atoms with Gasteiger partial charge in [0.05, 0.1) is 24.0 Å². The van der Waals surface area contributed by atoms with Crippen LogP contribution >= 0.6 is 0 Å². The predicted octanol–water partition coefficient (Wildman–Crippen LogP) is 4.67. The van der Waals surface area contributed by atoms with Crippen molar-refractivity contribution < 1.29 is 19.1 Å². The summed E-state index contributed by atoms with van der Waals surface area (Å²) in [7, 11) is 1.62. The highest BCUT2D eigenvalue weighted by Gasteiger charge is 2.33. The van der Waals surface area contributed by atoms with E-state index in [1.54, 1.807) is 24.1 Å². The normalized spacial score (nSPS) is 16.6. The number of hydrogen-bond acceptors (Lipinski definition) is 5. The Balaban J connectivity index is 1.38. The summed E-state index contributed by atoms with van der Waals surface area (Å²) in [6, 6.07) is 22.2. The van der Waals surface area contributed by atoms with Crippen LogP contribution in [-0.2, 0) is 20.8 Å². The van der Waals surface area contributed by atoms with E-state index < -0.39 is 11.8 Å². The van der Waals surface area contributed by atoms with Gasteiger partial charge in [-0.3, -0.25) is 24.4 Å². The van der Waals surface area contributed by atoms with Gasteiger partial charge in [-0.1, -0.05) is 42.5 Å². The average Bonchev–Trinajstić information content (AvgIpc) is 3.22. The van der Waals surface area contributed by atoms with E-state index in [1.165, 1.54) is 28.3 Å². The SMILES string of the molecule is COc1cccc2c1CCCCN2C(=O)CN1C=CN(c2ccccc2)C(=O)/C(=C/c2n[nH]c3ccccc23)C1=O. The van der Waals surface area contributed by atoms with Crippen LogP contribution in [0.3, 0.4) is 0 Å². The number of carbonyl (C=O) groups is 3. The molecule has 0 saturated carbocycles. The molecule has 3 aromatic carbocycles. The minimum atomic E-state index is -0.578. The van der Waals surface area contributed by atoms with Gasteiger partial charge in [-0.2, -0.15) is 5.10 Å². The van der Waals surface area contributed by atoms with Crippen molar-refractivity contribution in [3.63, 3.8) is 0 Å². The third kappa shape index (κ3) is 4.98. The molecule has 3 heterocycles. The Morgan fingerprint density at radius 2 is 1.76 bits per heavy atom. The van der Waals surface area contributed by atoms with Crippen LogP contribution in [0, 0.1) is 0 Å². The van der Waals surface area contributed by atoms with Gasteiger partial charge < -0.3 is 14.5 Å². The van der Waals surface area contributed by atoms with E-state index in [0.717, 1.165) is 47.2 Å². The van der Waals surface area contributed by atoms with Crippen molar-refractivity contribution in [3.8, 4) is 5.75 Å². The third-order valence-electron chi connectivity index (χ3n) is 7.44. The van der Waals surface area contributed by atoms with Crippen molar-refractivity contribution in [2.75, 3.05) is 30.0 Å². The number of rotatable bonds is 5. The average molecular weight is 548 g/mol. The van der Waals surface area contributed by atoms with Crippen molar-refractivity contribution in [2.45, 2.75) is 19.3 Å². The van der Waals surface area contributed by atoms with E-state index in [9.17, 15) is 14.4 Å². The largest absolute Gasteiger partial charge is 0.496 e. The monoisotopic (exact) mass is 547 g/mol. The van der Waals surface area contributed by atoms with Crippen molar-refractivity contribution >= 4 is 46.1 Å².